The van der Waals surface area contributed by atoms with E-state index in [1.165, 1.54) is 6.26 Å². The Labute approximate surface area is 58.3 Å². The highest BCUT2D eigenvalue weighted by Crippen LogP contribution is 2.16. The molecule has 1 atom stereocenters. The van der Waals surface area contributed by atoms with Crippen molar-refractivity contribution in [2.45, 2.75) is 13.0 Å². The van der Waals surface area contributed by atoms with E-state index in [1.807, 2.05) is 0 Å². The number of hydrogen-bond donors (Lipinski definition) is 1. The van der Waals surface area contributed by atoms with Crippen LogP contribution in [0.4, 0.5) is 0 Å². The molecule has 0 aromatic carbocycles. The second-order valence-electron chi connectivity index (χ2n) is 2.03. The molecule has 0 fully saturated rings. The van der Waals surface area contributed by atoms with Crippen molar-refractivity contribution >= 4 is 6.29 Å². The molecule has 10 heavy (non-hydrogen) atoms. The Morgan fingerprint density at radius 1 is 1.80 bits per heavy atom. The van der Waals surface area contributed by atoms with E-state index in [1.54, 1.807) is 13.0 Å². The van der Waals surface area contributed by atoms with Crippen LogP contribution in [0.2, 0.25) is 0 Å². The lowest BCUT2D eigenvalue weighted by atomic mass is 10.2. The first-order chi connectivity index (χ1) is 4.75. The van der Waals surface area contributed by atoms with Gasteiger partial charge in [0.25, 0.3) is 0 Å². The lowest BCUT2D eigenvalue weighted by molar-refractivity contribution is 0.109. The van der Waals surface area contributed by atoms with Crippen LogP contribution in [0.15, 0.2) is 16.7 Å². The molecule has 1 aromatic heterocycles. The quantitative estimate of drug-likeness (QED) is 0.627. The van der Waals surface area contributed by atoms with Gasteiger partial charge in [0.15, 0.2) is 12.0 Å². The summed E-state index contributed by atoms with van der Waals surface area (Å²) >= 11 is 0. The summed E-state index contributed by atoms with van der Waals surface area (Å²) in [4.78, 5) is 10.2. The van der Waals surface area contributed by atoms with Gasteiger partial charge in [0.05, 0.1) is 12.4 Å². The molecule has 0 amide bonds. The molecule has 0 bridgehead atoms. The van der Waals surface area contributed by atoms with Gasteiger partial charge in [-0.25, -0.2) is 0 Å². The zero-order chi connectivity index (χ0) is 7.56. The number of furan rings is 1. The normalized spacial score (nSPS) is 13.0. The largest absolute Gasteiger partial charge is 0.461 e. The molecule has 54 valence electrons. The van der Waals surface area contributed by atoms with Crippen LogP contribution in [-0.4, -0.2) is 11.4 Å². The number of carbonyl (C=O) groups is 1. The Balaban J connectivity index is 3.01. The minimum absolute atomic E-state index is 0.204. The zero-order valence-electron chi connectivity index (χ0n) is 5.57. The Morgan fingerprint density at radius 2 is 2.50 bits per heavy atom. The topological polar surface area (TPSA) is 50.4 Å². The average molecular weight is 140 g/mol. The van der Waals surface area contributed by atoms with Crippen molar-refractivity contribution in [2.24, 2.45) is 0 Å². The summed E-state index contributed by atoms with van der Waals surface area (Å²) in [5.41, 5.74) is 0.537. The van der Waals surface area contributed by atoms with Crippen LogP contribution in [0.5, 0.6) is 0 Å². The van der Waals surface area contributed by atoms with Crippen molar-refractivity contribution in [1.82, 2.24) is 0 Å². The highest BCUT2D eigenvalue weighted by Gasteiger charge is 2.08. The van der Waals surface area contributed by atoms with E-state index in [2.05, 4.69) is 0 Å². The van der Waals surface area contributed by atoms with Crippen LogP contribution in [-0.2, 0) is 0 Å². The predicted molar refractivity (Wildman–Crippen MR) is 34.7 cm³/mol. The first-order valence-electron chi connectivity index (χ1n) is 2.96. The summed E-state index contributed by atoms with van der Waals surface area (Å²) in [6, 6.07) is 1.58. The molecular weight excluding hydrogens is 132 g/mol. The predicted octanol–water partition coefficient (Wildman–Crippen LogP) is 1.15. The molecule has 1 aromatic rings. The van der Waals surface area contributed by atoms with Crippen molar-refractivity contribution in [3.05, 3.63) is 23.7 Å². The Hall–Kier alpha value is -1.09. The van der Waals surface area contributed by atoms with Gasteiger partial charge < -0.3 is 9.52 Å². The van der Waals surface area contributed by atoms with Gasteiger partial charge in [0, 0.05) is 5.56 Å². The molecule has 3 heteroatoms. The molecule has 1 unspecified atom stereocenters. The van der Waals surface area contributed by atoms with Gasteiger partial charge in [-0.15, -0.1) is 0 Å². The first kappa shape index (κ1) is 7.02. The summed E-state index contributed by atoms with van der Waals surface area (Å²) in [7, 11) is 0. The van der Waals surface area contributed by atoms with E-state index in [0.29, 0.717) is 11.8 Å². The third kappa shape index (κ3) is 1.09. The fourth-order valence-electron chi connectivity index (χ4n) is 0.772. The third-order valence-corrected chi connectivity index (χ3v) is 1.28. The van der Waals surface area contributed by atoms with Gasteiger partial charge in [0.2, 0.25) is 0 Å². The number of carbonyl (C=O) groups excluding carboxylic acids is 1. The Bertz CT molecular complexity index is 225. The average Bonchev–Trinajstić information content (AvgIpc) is 2.33. The SMILES string of the molecule is CC(O)c1ccoc1C=O. The minimum Gasteiger partial charge on any atom is -0.461 e. The van der Waals surface area contributed by atoms with Crippen LogP contribution in [0.3, 0.4) is 0 Å². The first-order valence-corrected chi connectivity index (χ1v) is 2.96. The van der Waals surface area contributed by atoms with Crippen LogP contribution in [0, 0.1) is 0 Å². The van der Waals surface area contributed by atoms with Crippen molar-refractivity contribution in [3.63, 3.8) is 0 Å². The molecule has 0 saturated carbocycles. The molecule has 0 aliphatic heterocycles. The summed E-state index contributed by atoms with van der Waals surface area (Å²) in [5, 5.41) is 9.01. The van der Waals surface area contributed by atoms with E-state index >= 15 is 0 Å². The van der Waals surface area contributed by atoms with Gasteiger partial charge in [-0.2, -0.15) is 0 Å². The number of aliphatic hydroxyl groups excluding tert-OH is 1. The summed E-state index contributed by atoms with van der Waals surface area (Å²) in [6.45, 7) is 1.58. The molecule has 0 aliphatic rings. The van der Waals surface area contributed by atoms with Gasteiger partial charge in [-0.3, -0.25) is 4.79 Å². The summed E-state index contributed by atoms with van der Waals surface area (Å²) < 4.78 is 4.75. The van der Waals surface area contributed by atoms with E-state index in [9.17, 15) is 4.79 Å². The number of aliphatic hydroxyl groups is 1. The summed E-state index contributed by atoms with van der Waals surface area (Å²) in [6.07, 6.45) is 1.33. The smallest absolute Gasteiger partial charge is 0.185 e. The Morgan fingerprint density at radius 3 is 2.90 bits per heavy atom. The van der Waals surface area contributed by atoms with Crippen molar-refractivity contribution in [1.29, 1.82) is 0 Å². The lowest BCUT2D eigenvalue weighted by Crippen LogP contribution is -1.91. The van der Waals surface area contributed by atoms with E-state index in [-0.39, 0.29) is 5.76 Å². The molecule has 1 N–H and O–H groups in total. The van der Waals surface area contributed by atoms with Crippen molar-refractivity contribution in [3.8, 4) is 0 Å². The molecule has 1 rings (SSSR count). The number of rotatable bonds is 2. The minimum atomic E-state index is -0.640. The second-order valence-corrected chi connectivity index (χ2v) is 2.03. The highest BCUT2D eigenvalue weighted by atomic mass is 16.3. The van der Waals surface area contributed by atoms with Crippen LogP contribution in [0.1, 0.15) is 29.1 Å². The molecule has 0 saturated heterocycles. The van der Waals surface area contributed by atoms with E-state index in [4.69, 9.17) is 9.52 Å². The van der Waals surface area contributed by atoms with Gasteiger partial charge in [0.1, 0.15) is 0 Å². The highest BCUT2D eigenvalue weighted by molar-refractivity contribution is 5.73. The maximum absolute atomic E-state index is 10.2. The van der Waals surface area contributed by atoms with E-state index in [0.717, 1.165) is 0 Å². The van der Waals surface area contributed by atoms with Gasteiger partial charge in [-0.1, -0.05) is 0 Å². The van der Waals surface area contributed by atoms with Gasteiger partial charge >= 0.3 is 0 Å². The van der Waals surface area contributed by atoms with E-state index < -0.39 is 6.10 Å². The molecule has 1 heterocycles. The van der Waals surface area contributed by atoms with Crippen LogP contribution in [0.25, 0.3) is 0 Å². The second kappa shape index (κ2) is 2.66. The fraction of sp³-hybridized carbons (Fsp3) is 0.286. The monoisotopic (exact) mass is 140 g/mol. The van der Waals surface area contributed by atoms with Crippen molar-refractivity contribution < 1.29 is 14.3 Å². The fourth-order valence-corrected chi connectivity index (χ4v) is 0.772. The van der Waals surface area contributed by atoms with Gasteiger partial charge in [-0.05, 0) is 13.0 Å². The molecule has 3 nitrogen and oxygen atoms in total. The molecule has 0 spiro atoms. The maximum Gasteiger partial charge on any atom is 0.185 e. The third-order valence-electron chi connectivity index (χ3n) is 1.28. The molecule has 0 aliphatic carbocycles. The molecular formula is C7H8O3. The molecule has 0 radical (unpaired) electrons. The van der Waals surface area contributed by atoms with Crippen LogP contribution < -0.4 is 0 Å². The van der Waals surface area contributed by atoms with Crippen molar-refractivity contribution in [2.75, 3.05) is 0 Å². The van der Waals surface area contributed by atoms with Crippen LogP contribution >= 0.6 is 0 Å². The number of hydrogen-bond acceptors (Lipinski definition) is 3. The Kier molecular flexibility index (Phi) is 1.87. The number of aldehydes is 1. The maximum atomic E-state index is 10.2. The summed E-state index contributed by atoms with van der Waals surface area (Å²) in [5.74, 6) is 0.204. The zero-order valence-corrected chi connectivity index (χ0v) is 5.57. The standard InChI is InChI=1S/C7H8O3/c1-5(9)6-2-3-10-7(6)4-8/h2-5,9H,1H3. The lowest BCUT2D eigenvalue weighted by Gasteiger charge is -1.98.